The highest BCUT2D eigenvalue weighted by atomic mass is 32.2. The van der Waals surface area contributed by atoms with Crippen molar-refractivity contribution < 1.29 is 18.7 Å². The minimum atomic E-state index is -1.40. The van der Waals surface area contributed by atoms with Crippen LogP contribution in [0.1, 0.15) is 10.4 Å². The molecule has 1 heterocycles. The molecule has 0 saturated carbocycles. The molecular formula is C9H6F2N4O2S. The first kappa shape index (κ1) is 12.4. The van der Waals surface area contributed by atoms with Gasteiger partial charge >= 0.3 is 5.97 Å². The van der Waals surface area contributed by atoms with E-state index < -0.39 is 23.2 Å². The largest absolute Gasteiger partial charge is 0.478 e. The van der Waals surface area contributed by atoms with E-state index in [1.807, 2.05) is 0 Å². The van der Waals surface area contributed by atoms with E-state index in [2.05, 4.69) is 15.5 Å². The lowest BCUT2D eigenvalue weighted by Gasteiger charge is -2.04. The zero-order valence-electron chi connectivity index (χ0n) is 8.96. The van der Waals surface area contributed by atoms with Gasteiger partial charge in [-0.05, 0) is 34.3 Å². The van der Waals surface area contributed by atoms with Gasteiger partial charge in [0.25, 0.3) is 0 Å². The van der Waals surface area contributed by atoms with Crippen LogP contribution in [-0.2, 0) is 7.05 Å². The SMILES string of the molecule is Cn1nnnc1Sc1c(F)cc(C(=O)O)cc1F. The molecule has 0 aliphatic heterocycles. The quantitative estimate of drug-likeness (QED) is 0.908. The molecule has 0 unspecified atom stereocenters. The number of hydrogen-bond acceptors (Lipinski definition) is 5. The topological polar surface area (TPSA) is 80.9 Å². The van der Waals surface area contributed by atoms with Gasteiger partial charge < -0.3 is 5.11 Å². The van der Waals surface area contributed by atoms with Crippen molar-refractivity contribution in [3.63, 3.8) is 0 Å². The second kappa shape index (κ2) is 4.69. The van der Waals surface area contributed by atoms with Crippen molar-refractivity contribution >= 4 is 17.7 Å². The molecule has 0 radical (unpaired) electrons. The molecule has 6 nitrogen and oxygen atoms in total. The van der Waals surface area contributed by atoms with Crippen LogP contribution in [-0.4, -0.2) is 31.3 Å². The highest BCUT2D eigenvalue weighted by Gasteiger charge is 2.17. The third kappa shape index (κ3) is 2.30. The predicted octanol–water partition coefficient (Wildman–Crippen LogP) is 1.34. The molecule has 0 saturated heterocycles. The monoisotopic (exact) mass is 272 g/mol. The Morgan fingerprint density at radius 3 is 2.44 bits per heavy atom. The van der Waals surface area contributed by atoms with Gasteiger partial charge in [0.15, 0.2) is 0 Å². The number of carboxylic acids is 1. The lowest BCUT2D eigenvalue weighted by molar-refractivity contribution is 0.0695. The van der Waals surface area contributed by atoms with Gasteiger partial charge in [-0.1, -0.05) is 0 Å². The molecule has 0 bridgehead atoms. The maximum absolute atomic E-state index is 13.6. The fourth-order valence-electron chi connectivity index (χ4n) is 1.18. The summed E-state index contributed by atoms with van der Waals surface area (Å²) in [7, 11) is 1.52. The minimum absolute atomic E-state index is 0.191. The van der Waals surface area contributed by atoms with Crippen molar-refractivity contribution in [2.45, 2.75) is 10.1 Å². The van der Waals surface area contributed by atoms with Crippen LogP contribution in [0, 0.1) is 11.6 Å². The predicted molar refractivity (Wildman–Crippen MR) is 56.2 cm³/mol. The Kier molecular flexibility index (Phi) is 3.24. The summed E-state index contributed by atoms with van der Waals surface area (Å²) in [4.78, 5) is 10.3. The number of aryl methyl sites for hydroxylation is 1. The summed E-state index contributed by atoms with van der Waals surface area (Å²) in [5, 5.41) is 19.2. The van der Waals surface area contributed by atoms with Crippen molar-refractivity contribution in [2.75, 3.05) is 0 Å². The Bertz CT molecular complexity index is 593. The molecule has 0 atom stereocenters. The van der Waals surface area contributed by atoms with E-state index in [4.69, 9.17) is 5.11 Å². The molecule has 2 rings (SSSR count). The number of benzene rings is 1. The van der Waals surface area contributed by atoms with Crippen LogP contribution in [0.3, 0.4) is 0 Å². The van der Waals surface area contributed by atoms with Crippen molar-refractivity contribution in [1.29, 1.82) is 0 Å². The van der Waals surface area contributed by atoms with E-state index in [1.54, 1.807) is 0 Å². The van der Waals surface area contributed by atoms with Gasteiger partial charge in [-0.25, -0.2) is 18.3 Å². The zero-order chi connectivity index (χ0) is 13.3. The molecule has 0 aliphatic rings. The van der Waals surface area contributed by atoms with Gasteiger partial charge in [-0.2, -0.15) is 0 Å². The van der Waals surface area contributed by atoms with Gasteiger partial charge in [0, 0.05) is 7.05 Å². The van der Waals surface area contributed by atoms with Crippen molar-refractivity contribution in [1.82, 2.24) is 20.2 Å². The van der Waals surface area contributed by atoms with Gasteiger partial charge in [-0.3, -0.25) is 0 Å². The summed E-state index contributed by atoms with van der Waals surface area (Å²) < 4.78 is 28.4. The van der Waals surface area contributed by atoms with Gasteiger partial charge in [-0.15, -0.1) is 5.10 Å². The van der Waals surface area contributed by atoms with Gasteiger partial charge in [0.1, 0.15) is 11.6 Å². The lowest BCUT2D eigenvalue weighted by atomic mass is 10.2. The molecule has 2 aromatic rings. The fraction of sp³-hybridized carbons (Fsp3) is 0.111. The smallest absolute Gasteiger partial charge is 0.335 e. The average Bonchev–Trinajstić information content (AvgIpc) is 2.69. The Morgan fingerprint density at radius 1 is 1.39 bits per heavy atom. The van der Waals surface area contributed by atoms with Gasteiger partial charge in [0.05, 0.1) is 10.5 Å². The number of carbonyl (C=O) groups is 1. The van der Waals surface area contributed by atoms with E-state index in [9.17, 15) is 13.6 Å². The van der Waals surface area contributed by atoms with Gasteiger partial charge in [0.2, 0.25) is 5.16 Å². The van der Waals surface area contributed by atoms with Crippen LogP contribution in [0.25, 0.3) is 0 Å². The summed E-state index contributed by atoms with van der Waals surface area (Å²) in [6.07, 6.45) is 0. The standard InChI is InChI=1S/C9H6F2N4O2S/c1-15-9(12-13-14-15)18-7-5(10)2-4(8(16)17)3-6(7)11/h2-3H,1H3,(H,16,17). The van der Waals surface area contributed by atoms with E-state index in [-0.39, 0.29) is 10.1 Å². The fourth-order valence-corrected chi connectivity index (χ4v) is 1.92. The zero-order valence-corrected chi connectivity index (χ0v) is 9.78. The summed E-state index contributed by atoms with van der Waals surface area (Å²) in [5.41, 5.74) is -0.453. The third-order valence-electron chi connectivity index (χ3n) is 2.02. The molecule has 0 amide bonds. The Morgan fingerprint density at radius 2 is 2.00 bits per heavy atom. The maximum Gasteiger partial charge on any atom is 0.335 e. The second-order valence-corrected chi connectivity index (χ2v) is 4.24. The number of halogens is 2. The van der Waals surface area contributed by atoms with Crippen LogP contribution in [0.15, 0.2) is 22.2 Å². The summed E-state index contributed by atoms with van der Waals surface area (Å²) in [6, 6.07) is 1.50. The molecule has 0 fully saturated rings. The number of carboxylic acid groups (broad SMARTS) is 1. The van der Waals surface area contributed by atoms with E-state index in [1.165, 1.54) is 11.7 Å². The Hall–Kier alpha value is -2.03. The first-order valence-electron chi connectivity index (χ1n) is 4.61. The molecule has 0 aliphatic carbocycles. The highest BCUT2D eigenvalue weighted by molar-refractivity contribution is 7.99. The first-order valence-corrected chi connectivity index (χ1v) is 5.43. The summed E-state index contributed by atoms with van der Waals surface area (Å²) in [5.74, 6) is -3.34. The number of aromatic carboxylic acids is 1. The average molecular weight is 272 g/mol. The Labute approximate surface area is 104 Å². The van der Waals surface area contributed by atoms with Crippen LogP contribution >= 0.6 is 11.8 Å². The van der Waals surface area contributed by atoms with Crippen LogP contribution < -0.4 is 0 Å². The number of nitrogens with zero attached hydrogens (tertiary/aromatic N) is 4. The molecule has 18 heavy (non-hydrogen) atoms. The number of hydrogen-bond donors (Lipinski definition) is 1. The third-order valence-corrected chi connectivity index (χ3v) is 3.14. The second-order valence-electron chi connectivity index (χ2n) is 3.26. The first-order chi connectivity index (χ1) is 8.49. The molecule has 0 spiro atoms. The number of tetrazole rings is 1. The normalized spacial score (nSPS) is 10.6. The summed E-state index contributed by atoms with van der Waals surface area (Å²) >= 11 is 0.678. The molecular weight excluding hydrogens is 266 g/mol. The lowest BCUT2D eigenvalue weighted by Crippen LogP contribution is -2.01. The van der Waals surface area contributed by atoms with Crippen molar-refractivity contribution in [3.05, 3.63) is 29.3 Å². The number of rotatable bonds is 3. The van der Waals surface area contributed by atoms with Crippen molar-refractivity contribution in [3.8, 4) is 0 Å². The van der Waals surface area contributed by atoms with E-state index >= 15 is 0 Å². The van der Waals surface area contributed by atoms with E-state index in [0.29, 0.717) is 11.8 Å². The summed E-state index contributed by atoms with van der Waals surface area (Å²) in [6.45, 7) is 0. The molecule has 1 aromatic heterocycles. The molecule has 1 N–H and O–H groups in total. The van der Waals surface area contributed by atoms with Crippen LogP contribution in [0.4, 0.5) is 8.78 Å². The molecule has 94 valence electrons. The Balaban J connectivity index is 2.40. The van der Waals surface area contributed by atoms with E-state index in [0.717, 1.165) is 12.1 Å². The number of aromatic nitrogens is 4. The highest BCUT2D eigenvalue weighted by Crippen LogP contribution is 2.30. The molecule has 1 aromatic carbocycles. The van der Waals surface area contributed by atoms with Crippen LogP contribution in [0.5, 0.6) is 0 Å². The molecule has 9 heteroatoms. The minimum Gasteiger partial charge on any atom is -0.478 e. The van der Waals surface area contributed by atoms with Crippen LogP contribution in [0.2, 0.25) is 0 Å². The maximum atomic E-state index is 13.6. The van der Waals surface area contributed by atoms with Crippen molar-refractivity contribution in [2.24, 2.45) is 7.05 Å².